The number of nitrogens with zero attached hydrogens (tertiary/aromatic N) is 2. The molecule has 10 nitrogen and oxygen atoms in total. The van der Waals surface area contributed by atoms with Crippen molar-refractivity contribution in [2.24, 2.45) is 40.7 Å². The number of benzene rings is 2. The number of para-hydroxylation sites is 1. The summed E-state index contributed by atoms with van der Waals surface area (Å²) in [6.07, 6.45) is 5.93. The smallest absolute Gasteiger partial charge is 0.328 e. The zero-order chi connectivity index (χ0) is 29.2. The average molecular weight is 556 g/mol. The quantitative estimate of drug-likeness (QED) is 0.435. The van der Waals surface area contributed by atoms with Crippen LogP contribution in [-0.2, 0) is 19.2 Å². The van der Waals surface area contributed by atoms with E-state index in [1.54, 1.807) is 55.5 Å². The Morgan fingerprint density at radius 1 is 1.05 bits per heavy atom. The van der Waals surface area contributed by atoms with Gasteiger partial charge < -0.3 is 15.6 Å². The first kappa shape index (κ1) is 26.5. The summed E-state index contributed by atoms with van der Waals surface area (Å²) in [5, 5.41) is 10.0. The van der Waals surface area contributed by atoms with Crippen molar-refractivity contribution in [3.05, 3.63) is 71.8 Å². The second-order valence-electron chi connectivity index (χ2n) is 11.2. The third-order valence-corrected chi connectivity index (χ3v) is 9.27. The fourth-order valence-electron chi connectivity index (χ4n) is 7.26. The summed E-state index contributed by atoms with van der Waals surface area (Å²) in [4.78, 5) is 68.3. The minimum absolute atomic E-state index is 0.0195. The molecular weight excluding hydrogens is 526 g/mol. The maximum atomic E-state index is 14.2. The molecule has 2 heterocycles. The van der Waals surface area contributed by atoms with Crippen LogP contribution in [0.3, 0.4) is 0 Å². The highest BCUT2D eigenvalue weighted by atomic mass is 16.5. The lowest BCUT2D eigenvalue weighted by Crippen LogP contribution is -2.49. The van der Waals surface area contributed by atoms with E-state index in [0.29, 0.717) is 16.2 Å². The Morgan fingerprint density at radius 2 is 1.78 bits per heavy atom. The van der Waals surface area contributed by atoms with Crippen LogP contribution < -0.4 is 15.4 Å². The number of imide groups is 4. The number of rotatable bonds is 4. The van der Waals surface area contributed by atoms with E-state index in [-0.39, 0.29) is 36.2 Å². The van der Waals surface area contributed by atoms with E-state index in [0.717, 1.165) is 5.57 Å². The molecule has 4 aliphatic rings. The van der Waals surface area contributed by atoms with Gasteiger partial charge in [0.25, 0.3) is 0 Å². The number of hydrogen-bond acceptors (Lipinski definition) is 7. The number of likely N-dealkylation sites (tertiary alicyclic amines) is 1. The first-order valence-corrected chi connectivity index (χ1v) is 13.5. The predicted octanol–water partition coefficient (Wildman–Crippen LogP) is 3.26. The molecule has 41 heavy (non-hydrogen) atoms. The normalized spacial score (nSPS) is 30.8. The Hall–Kier alpha value is -4.73. The van der Waals surface area contributed by atoms with Gasteiger partial charge in [-0.25, -0.2) is 9.69 Å². The zero-order valence-electron chi connectivity index (χ0n) is 22.5. The number of phenolic OH excluding ortho intramolecular Hbond substituents is 1. The summed E-state index contributed by atoms with van der Waals surface area (Å²) < 4.78 is 5.23. The first-order valence-electron chi connectivity index (χ1n) is 13.5. The number of urea groups is 1. The number of nitrogens with two attached hydrogens (primary N) is 1. The highest BCUT2D eigenvalue weighted by Gasteiger charge is 2.67. The van der Waals surface area contributed by atoms with E-state index >= 15 is 0 Å². The third-order valence-electron chi connectivity index (χ3n) is 9.27. The van der Waals surface area contributed by atoms with Crippen LogP contribution in [-0.4, -0.2) is 46.8 Å². The molecular formula is C31H29N3O7. The number of allylic oxidation sites excluding steroid dienone is 3. The van der Waals surface area contributed by atoms with E-state index in [9.17, 15) is 29.1 Å². The second-order valence-corrected chi connectivity index (χ2v) is 11.2. The fourth-order valence-corrected chi connectivity index (χ4v) is 7.26. The highest BCUT2D eigenvalue weighted by Crippen LogP contribution is 2.61. The van der Waals surface area contributed by atoms with Crippen LogP contribution in [0.4, 0.5) is 10.5 Å². The van der Waals surface area contributed by atoms with Crippen molar-refractivity contribution in [1.29, 1.82) is 0 Å². The number of carbonyl (C=O) groups excluding carboxylic acids is 5. The summed E-state index contributed by atoms with van der Waals surface area (Å²) in [6, 6.07) is 12.4. The van der Waals surface area contributed by atoms with Crippen molar-refractivity contribution in [3.8, 4) is 11.5 Å². The Kier molecular flexibility index (Phi) is 6.09. The SMILES string of the molecule is COc1cc(C=C[C@H]2C3=CC[C@@H]4C(=O)N(C(N)=O)C(=O)[C@@H]4[C@@H]3C[C@H]3C(=O)N(c4ccccc4)C(=O)[C@@]23C)ccc1O. The summed E-state index contributed by atoms with van der Waals surface area (Å²) in [5.74, 6) is -5.24. The molecule has 6 atom stereocenters. The summed E-state index contributed by atoms with van der Waals surface area (Å²) in [7, 11) is 1.44. The molecule has 2 saturated heterocycles. The second kappa shape index (κ2) is 9.43. The Balaban J connectivity index is 1.48. The molecule has 0 aromatic heterocycles. The van der Waals surface area contributed by atoms with E-state index in [2.05, 4.69) is 0 Å². The van der Waals surface area contributed by atoms with Gasteiger partial charge in [0.15, 0.2) is 11.5 Å². The van der Waals surface area contributed by atoms with Gasteiger partial charge in [0.2, 0.25) is 23.6 Å². The lowest BCUT2D eigenvalue weighted by molar-refractivity contribution is -0.136. The van der Waals surface area contributed by atoms with Gasteiger partial charge >= 0.3 is 6.03 Å². The Bertz CT molecular complexity index is 1560. The van der Waals surface area contributed by atoms with Gasteiger partial charge in [-0.05, 0) is 55.5 Å². The molecule has 6 amide bonds. The molecule has 10 heteroatoms. The number of aromatic hydroxyl groups is 1. The van der Waals surface area contributed by atoms with Crippen LogP contribution >= 0.6 is 0 Å². The minimum Gasteiger partial charge on any atom is -0.504 e. The number of primary amides is 1. The number of anilines is 1. The van der Waals surface area contributed by atoms with Gasteiger partial charge in [-0.3, -0.25) is 19.2 Å². The van der Waals surface area contributed by atoms with Crippen LogP contribution in [0.25, 0.3) is 6.08 Å². The maximum absolute atomic E-state index is 14.2. The minimum atomic E-state index is -1.17. The molecule has 210 valence electrons. The number of amides is 6. The number of phenols is 1. The van der Waals surface area contributed by atoms with Gasteiger partial charge in [-0.2, -0.15) is 4.90 Å². The number of hydrogen-bond donors (Lipinski definition) is 2. The molecule has 0 unspecified atom stereocenters. The average Bonchev–Trinajstić information content (AvgIpc) is 3.33. The first-order chi connectivity index (χ1) is 19.6. The lowest BCUT2D eigenvalue weighted by atomic mass is 9.52. The monoisotopic (exact) mass is 555 g/mol. The van der Waals surface area contributed by atoms with Crippen LogP contribution in [0.2, 0.25) is 0 Å². The molecule has 2 aliphatic heterocycles. The van der Waals surface area contributed by atoms with Crippen LogP contribution in [0, 0.1) is 35.0 Å². The van der Waals surface area contributed by atoms with Gasteiger partial charge in [0.1, 0.15) is 0 Å². The van der Waals surface area contributed by atoms with E-state index < -0.39 is 52.8 Å². The summed E-state index contributed by atoms with van der Waals surface area (Å²) in [6.45, 7) is 1.79. The maximum Gasteiger partial charge on any atom is 0.328 e. The van der Waals surface area contributed by atoms with Gasteiger partial charge in [0.05, 0.1) is 36.0 Å². The zero-order valence-corrected chi connectivity index (χ0v) is 22.5. The van der Waals surface area contributed by atoms with Crippen LogP contribution in [0.15, 0.2) is 66.3 Å². The standard InChI is InChI=1S/C31H29N3O7/c1-31-21(12-8-16-9-13-23(35)24(14-16)41-2)18-10-11-19-25(28(38)34(26(19)36)30(32)40)20(18)15-22(31)27(37)33(29(31)39)17-6-4-3-5-7-17/h3-10,12-14,19-22,25,35H,11,15H2,1-2H3,(H2,32,40)/t19-,20+,21-,22-,25-,31-/m0/s1. The van der Waals surface area contributed by atoms with Crippen molar-refractivity contribution in [1.82, 2.24) is 4.90 Å². The van der Waals surface area contributed by atoms with Crippen molar-refractivity contribution in [3.63, 3.8) is 0 Å². The Labute approximate surface area is 236 Å². The molecule has 3 N–H and O–H groups in total. The highest BCUT2D eigenvalue weighted by molar-refractivity contribution is 6.24. The van der Waals surface area contributed by atoms with E-state index in [1.165, 1.54) is 18.1 Å². The molecule has 3 fully saturated rings. The van der Waals surface area contributed by atoms with Crippen molar-refractivity contribution >= 4 is 41.4 Å². The summed E-state index contributed by atoms with van der Waals surface area (Å²) in [5.41, 5.74) is 6.16. The van der Waals surface area contributed by atoms with Crippen LogP contribution in [0.1, 0.15) is 25.3 Å². The molecule has 2 aromatic rings. The van der Waals surface area contributed by atoms with Gasteiger partial charge in [-0.15, -0.1) is 0 Å². The Morgan fingerprint density at radius 3 is 2.46 bits per heavy atom. The predicted molar refractivity (Wildman–Crippen MR) is 147 cm³/mol. The largest absolute Gasteiger partial charge is 0.504 e. The molecule has 1 saturated carbocycles. The van der Waals surface area contributed by atoms with Crippen molar-refractivity contribution in [2.75, 3.05) is 12.0 Å². The molecule has 0 bridgehead atoms. The summed E-state index contributed by atoms with van der Waals surface area (Å²) >= 11 is 0. The number of methoxy groups -OCH3 is 1. The number of fused-ring (bicyclic) bond motifs is 4. The third kappa shape index (κ3) is 3.73. The fraction of sp³-hybridized carbons (Fsp3) is 0.323. The van der Waals surface area contributed by atoms with Crippen LogP contribution in [0.5, 0.6) is 11.5 Å². The molecule has 2 aliphatic carbocycles. The molecule has 2 aromatic carbocycles. The molecule has 0 radical (unpaired) electrons. The molecule has 6 rings (SSSR count). The van der Waals surface area contributed by atoms with Crippen molar-refractivity contribution < 1.29 is 33.8 Å². The topological polar surface area (TPSA) is 147 Å². The van der Waals surface area contributed by atoms with Crippen molar-refractivity contribution in [2.45, 2.75) is 19.8 Å². The lowest BCUT2D eigenvalue weighted by Gasteiger charge is -2.47. The number of ether oxygens (including phenoxy) is 1. The van der Waals surface area contributed by atoms with Gasteiger partial charge in [-0.1, -0.05) is 48.1 Å². The van der Waals surface area contributed by atoms with E-state index in [1.807, 2.05) is 12.2 Å². The van der Waals surface area contributed by atoms with E-state index in [4.69, 9.17) is 10.5 Å². The van der Waals surface area contributed by atoms with Gasteiger partial charge in [0, 0.05) is 5.92 Å². The number of carbonyl (C=O) groups is 5. The molecule has 0 spiro atoms.